The summed E-state index contributed by atoms with van der Waals surface area (Å²) in [6, 6.07) is 15.4. The van der Waals surface area contributed by atoms with Gasteiger partial charge < -0.3 is 10.6 Å². The molecule has 2 N–H and O–H groups in total. The number of rotatable bonds is 5. The van der Waals surface area contributed by atoms with Gasteiger partial charge in [-0.25, -0.2) is 14.4 Å². The largest absolute Gasteiger partial charge is 0.347 e. The molecule has 6 heteroatoms. The van der Waals surface area contributed by atoms with Crippen molar-refractivity contribution in [3.05, 3.63) is 83.6 Å². The molecule has 0 aliphatic carbocycles. The van der Waals surface area contributed by atoms with Crippen LogP contribution < -0.4 is 10.6 Å². The summed E-state index contributed by atoms with van der Waals surface area (Å²) in [4.78, 5) is 20.4. The molecule has 2 aromatic carbocycles. The third-order valence-electron chi connectivity index (χ3n) is 3.67. The highest BCUT2D eigenvalue weighted by Crippen LogP contribution is 2.18. The van der Waals surface area contributed by atoms with E-state index < -0.39 is 0 Å². The number of anilines is 2. The van der Waals surface area contributed by atoms with Crippen LogP contribution >= 0.6 is 0 Å². The lowest BCUT2D eigenvalue weighted by Crippen LogP contribution is -2.24. The van der Waals surface area contributed by atoms with E-state index in [1.807, 2.05) is 31.2 Å². The molecular formula is C19H17FN4O. The minimum absolute atomic E-state index is 0.258. The quantitative estimate of drug-likeness (QED) is 0.747. The van der Waals surface area contributed by atoms with E-state index in [4.69, 9.17) is 0 Å². The Bertz CT molecular complexity index is 881. The number of nitrogens with one attached hydrogen (secondary N) is 2. The Balaban J connectivity index is 1.67. The Labute approximate surface area is 145 Å². The van der Waals surface area contributed by atoms with Gasteiger partial charge in [0.15, 0.2) is 0 Å². The van der Waals surface area contributed by atoms with Crippen molar-refractivity contribution in [2.24, 2.45) is 0 Å². The van der Waals surface area contributed by atoms with Crippen LogP contribution in [0.3, 0.4) is 0 Å². The summed E-state index contributed by atoms with van der Waals surface area (Å²) in [5.74, 6) is -0.0893. The molecular weight excluding hydrogens is 319 g/mol. The first-order valence-corrected chi connectivity index (χ1v) is 7.79. The second-order valence-corrected chi connectivity index (χ2v) is 5.54. The Kier molecular flexibility index (Phi) is 4.99. The van der Waals surface area contributed by atoms with E-state index in [2.05, 4.69) is 20.6 Å². The molecule has 0 spiro atoms. The van der Waals surface area contributed by atoms with Gasteiger partial charge in [0.05, 0.1) is 0 Å². The van der Waals surface area contributed by atoms with E-state index in [1.54, 1.807) is 18.2 Å². The average Bonchev–Trinajstić information content (AvgIpc) is 2.63. The third kappa shape index (κ3) is 4.38. The molecule has 0 bridgehead atoms. The lowest BCUT2D eigenvalue weighted by molar-refractivity contribution is 0.0946. The number of para-hydroxylation sites is 1. The molecule has 5 nitrogen and oxygen atoms in total. The molecule has 0 aliphatic heterocycles. The van der Waals surface area contributed by atoms with E-state index >= 15 is 0 Å². The molecule has 1 amide bonds. The first-order valence-electron chi connectivity index (χ1n) is 7.79. The van der Waals surface area contributed by atoms with Crippen LogP contribution in [0.25, 0.3) is 0 Å². The fraction of sp³-hybridized carbons (Fsp3) is 0.105. The Morgan fingerprint density at radius 2 is 1.84 bits per heavy atom. The number of aromatic nitrogens is 2. The van der Waals surface area contributed by atoms with Crippen LogP contribution in [0.1, 0.15) is 21.6 Å². The average molecular weight is 336 g/mol. The highest BCUT2D eigenvalue weighted by molar-refractivity contribution is 5.92. The van der Waals surface area contributed by atoms with Crippen molar-refractivity contribution in [3.63, 3.8) is 0 Å². The number of carbonyl (C=O) groups excluding carboxylic acids is 1. The summed E-state index contributed by atoms with van der Waals surface area (Å²) < 4.78 is 12.9. The predicted octanol–water partition coefficient (Wildman–Crippen LogP) is 3.60. The molecule has 0 fully saturated rings. The second-order valence-electron chi connectivity index (χ2n) is 5.54. The Morgan fingerprint density at radius 3 is 2.60 bits per heavy atom. The maximum atomic E-state index is 12.9. The van der Waals surface area contributed by atoms with Crippen molar-refractivity contribution < 1.29 is 9.18 Å². The van der Waals surface area contributed by atoms with Crippen LogP contribution in [0, 0.1) is 12.7 Å². The van der Waals surface area contributed by atoms with E-state index in [1.165, 1.54) is 18.5 Å². The summed E-state index contributed by atoms with van der Waals surface area (Å²) in [5, 5.41) is 5.93. The highest BCUT2D eigenvalue weighted by Gasteiger charge is 2.09. The summed E-state index contributed by atoms with van der Waals surface area (Å²) in [7, 11) is 0. The normalized spacial score (nSPS) is 10.3. The first-order chi connectivity index (χ1) is 12.1. The summed E-state index contributed by atoms with van der Waals surface area (Å²) in [6.45, 7) is 2.28. The zero-order chi connectivity index (χ0) is 17.6. The van der Waals surface area contributed by atoms with E-state index in [9.17, 15) is 9.18 Å². The van der Waals surface area contributed by atoms with Gasteiger partial charge in [-0.05, 0) is 36.2 Å². The summed E-state index contributed by atoms with van der Waals surface area (Å²) >= 11 is 0. The lowest BCUT2D eigenvalue weighted by Gasteiger charge is -2.09. The zero-order valence-electron chi connectivity index (χ0n) is 13.7. The maximum absolute atomic E-state index is 12.9. The third-order valence-corrected chi connectivity index (χ3v) is 3.67. The molecule has 126 valence electrons. The lowest BCUT2D eigenvalue weighted by atomic mass is 10.2. The molecule has 0 aliphatic rings. The number of hydrogen-bond donors (Lipinski definition) is 2. The molecule has 3 rings (SSSR count). The zero-order valence-corrected chi connectivity index (χ0v) is 13.7. The second kappa shape index (κ2) is 7.53. The topological polar surface area (TPSA) is 66.9 Å². The molecule has 25 heavy (non-hydrogen) atoms. The van der Waals surface area contributed by atoms with Crippen molar-refractivity contribution in [2.75, 3.05) is 5.32 Å². The van der Waals surface area contributed by atoms with E-state index in [-0.39, 0.29) is 17.4 Å². The van der Waals surface area contributed by atoms with Gasteiger partial charge in [-0.3, -0.25) is 4.79 Å². The number of benzene rings is 2. The highest BCUT2D eigenvalue weighted by atomic mass is 19.1. The fourth-order valence-corrected chi connectivity index (χ4v) is 2.28. The minimum Gasteiger partial charge on any atom is -0.347 e. The number of hydrogen-bond acceptors (Lipinski definition) is 4. The molecule has 3 aromatic rings. The smallest absolute Gasteiger partial charge is 0.270 e. The number of nitrogens with zero attached hydrogens (tertiary/aromatic N) is 2. The van der Waals surface area contributed by atoms with Crippen molar-refractivity contribution in [1.82, 2.24) is 15.3 Å². The SMILES string of the molecule is Cc1ccccc1Nc1cc(C(=O)NCc2ccc(F)cc2)ncn1. The van der Waals surface area contributed by atoms with E-state index in [0.717, 1.165) is 16.8 Å². The maximum Gasteiger partial charge on any atom is 0.270 e. The number of carbonyl (C=O) groups is 1. The first kappa shape index (κ1) is 16.6. The van der Waals surface area contributed by atoms with Crippen molar-refractivity contribution in [3.8, 4) is 0 Å². The number of halogens is 1. The van der Waals surface area contributed by atoms with Gasteiger partial charge in [-0.15, -0.1) is 0 Å². The molecule has 0 radical (unpaired) electrons. The molecule has 0 saturated heterocycles. The van der Waals surface area contributed by atoms with Gasteiger partial charge in [0.25, 0.3) is 5.91 Å². The van der Waals surface area contributed by atoms with Crippen molar-refractivity contribution in [2.45, 2.75) is 13.5 Å². The number of aryl methyl sites for hydroxylation is 1. The molecule has 0 unspecified atom stereocenters. The standard InChI is InChI=1S/C19H17FN4O/c1-13-4-2-3-5-16(13)24-18-10-17(22-12-23-18)19(25)21-11-14-6-8-15(20)9-7-14/h2-10,12H,11H2,1H3,(H,21,25)(H,22,23,24). The molecule has 0 atom stereocenters. The summed E-state index contributed by atoms with van der Waals surface area (Å²) in [6.07, 6.45) is 1.34. The number of amides is 1. The van der Waals surface area contributed by atoms with Crippen LogP contribution in [0.15, 0.2) is 60.9 Å². The minimum atomic E-state index is -0.320. The van der Waals surface area contributed by atoms with Crippen LogP contribution in [0.5, 0.6) is 0 Å². The fourth-order valence-electron chi connectivity index (χ4n) is 2.28. The Morgan fingerprint density at radius 1 is 1.08 bits per heavy atom. The molecule has 1 heterocycles. The summed E-state index contributed by atoms with van der Waals surface area (Å²) in [5.41, 5.74) is 3.05. The van der Waals surface area contributed by atoms with Crippen LogP contribution in [-0.4, -0.2) is 15.9 Å². The van der Waals surface area contributed by atoms with Gasteiger partial charge in [-0.2, -0.15) is 0 Å². The van der Waals surface area contributed by atoms with Gasteiger partial charge >= 0.3 is 0 Å². The van der Waals surface area contributed by atoms with Crippen LogP contribution in [0.2, 0.25) is 0 Å². The van der Waals surface area contributed by atoms with Gasteiger partial charge in [0, 0.05) is 18.3 Å². The van der Waals surface area contributed by atoms with E-state index in [0.29, 0.717) is 12.4 Å². The van der Waals surface area contributed by atoms with Crippen molar-refractivity contribution >= 4 is 17.4 Å². The van der Waals surface area contributed by atoms with Gasteiger partial charge in [0.2, 0.25) is 0 Å². The van der Waals surface area contributed by atoms with Crippen molar-refractivity contribution in [1.29, 1.82) is 0 Å². The Hall–Kier alpha value is -3.28. The molecule has 1 aromatic heterocycles. The van der Waals surface area contributed by atoms with Crippen LogP contribution in [-0.2, 0) is 6.54 Å². The van der Waals surface area contributed by atoms with Gasteiger partial charge in [0.1, 0.15) is 23.7 Å². The monoisotopic (exact) mass is 336 g/mol. The van der Waals surface area contributed by atoms with Gasteiger partial charge in [-0.1, -0.05) is 30.3 Å². The predicted molar refractivity (Wildman–Crippen MR) is 94.1 cm³/mol. The van der Waals surface area contributed by atoms with Crippen LogP contribution in [0.4, 0.5) is 15.9 Å². The molecule has 0 saturated carbocycles.